The van der Waals surface area contributed by atoms with Crippen molar-refractivity contribution in [2.24, 2.45) is 0 Å². The van der Waals surface area contributed by atoms with Gasteiger partial charge in [-0.1, -0.05) is 61.6 Å². The van der Waals surface area contributed by atoms with Crippen LogP contribution in [-0.4, -0.2) is 21.8 Å². The van der Waals surface area contributed by atoms with Gasteiger partial charge in [0.1, 0.15) is 0 Å². The lowest BCUT2D eigenvalue weighted by atomic mass is 10.1. The summed E-state index contributed by atoms with van der Waals surface area (Å²) in [5.41, 5.74) is 0. The standard InChI is InChI=1S/C11H21IO3/c1-2-3-4-5-6-7-8-10(13)15-11(14)9-12/h10,13H,2-9H2,1H3. The van der Waals surface area contributed by atoms with Gasteiger partial charge in [-0.3, -0.25) is 4.79 Å². The Morgan fingerprint density at radius 2 is 1.87 bits per heavy atom. The molecule has 90 valence electrons. The second-order valence-corrected chi connectivity index (χ2v) is 4.40. The third kappa shape index (κ3) is 10.4. The number of aliphatic hydroxyl groups is 1. The van der Waals surface area contributed by atoms with Crippen LogP contribution >= 0.6 is 22.6 Å². The zero-order valence-corrected chi connectivity index (χ0v) is 11.5. The first-order valence-electron chi connectivity index (χ1n) is 5.64. The van der Waals surface area contributed by atoms with Crippen molar-refractivity contribution in [3.8, 4) is 0 Å². The van der Waals surface area contributed by atoms with E-state index in [0.29, 0.717) is 10.8 Å². The molecule has 1 N–H and O–H groups in total. The smallest absolute Gasteiger partial charge is 0.318 e. The number of halogens is 1. The number of hydrogen-bond acceptors (Lipinski definition) is 3. The molecule has 0 aromatic heterocycles. The fourth-order valence-electron chi connectivity index (χ4n) is 1.34. The van der Waals surface area contributed by atoms with Crippen LogP contribution in [0.5, 0.6) is 0 Å². The van der Waals surface area contributed by atoms with Crippen LogP contribution in [-0.2, 0) is 9.53 Å². The second kappa shape index (κ2) is 10.7. The van der Waals surface area contributed by atoms with Gasteiger partial charge in [0.2, 0.25) is 6.29 Å². The van der Waals surface area contributed by atoms with Crippen LogP contribution in [0.15, 0.2) is 0 Å². The lowest BCUT2D eigenvalue weighted by Gasteiger charge is -2.10. The number of carbonyl (C=O) groups is 1. The summed E-state index contributed by atoms with van der Waals surface area (Å²) in [7, 11) is 0. The van der Waals surface area contributed by atoms with Crippen molar-refractivity contribution in [3.05, 3.63) is 0 Å². The Balaban J connectivity index is 3.23. The van der Waals surface area contributed by atoms with Gasteiger partial charge in [0, 0.05) is 6.42 Å². The number of aliphatic hydroxyl groups excluding tert-OH is 1. The molecular weight excluding hydrogens is 307 g/mol. The highest BCUT2D eigenvalue weighted by atomic mass is 127. The van der Waals surface area contributed by atoms with E-state index in [9.17, 15) is 9.90 Å². The van der Waals surface area contributed by atoms with Crippen LogP contribution in [0.25, 0.3) is 0 Å². The lowest BCUT2D eigenvalue weighted by molar-refractivity contribution is -0.165. The minimum Gasteiger partial charge on any atom is -0.435 e. The Bertz CT molecular complexity index is 162. The van der Waals surface area contributed by atoms with Gasteiger partial charge in [0.25, 0.3) is 0 Å². The van der Waals surface area contributed by atoms with E-state index in [1.807, 2.05) is 22.6 Å². The molecule has 0 aliphatic rings. The molecule has 4 heteroatoms. The van der Waals surface area contributed by atoms with Gasteiger partial charge >= 0.3 is 5.97 Å². The van der Waals surface area contributed by atoms with Gasteiger partial charge in [-0.25, -0.2) is 0 Å². The normalized spacial score (nSPS) is 12.5. The monoisotopic (exact) mass is 328 g/mol. The summed E-state index contributed by atoms with van der Waals surface area (Å²) < 4.78 is 5.03. The van der Waals surface area contributed by atoms with E-state index in [1.54, 1.807) is 0 Å². The highest BCUT2D eigenvalue weighted by molar-refractivity contribution is 14.1. The summed E-state index contributed by atoms with van der Waals surface area (Å²) in [4.78, 5) is 10.8. The van der Waals surface area contributed by atoms with Crippen molar-refractivity contribution in [2.45, 2.75) is 58.2 Å². The molecule has 15 heavy (non-hydrogen) atoms. The number of ether oxygens (including phenoxy) is 1. The van der Waals surface area contributed by atoms with Gasteiger partial charge in [0.15, 0.2) is 0 Å². The quantitative estimate of drug-likeness (QED) is 0.233. The van der Waals surface area contributed by atoms with E-state index in [0.717, 1.165) is 12.8 Å². The molecule has 0 aliphatic heterocycles. The van der Waals surface area contributed by atoms with Crippen molar-refractivity contribution < 1.29 is 14.6 Å². The van der Waals surface area contributed by atoms with Crippen LogP contribution in [0.4, 0.5) is 0 Å². The first kappa shape index (κ1) is 15.2. The van der Waals surface area contributed by atoms with E-state index < -0.39 is 6.29 Å². The van der Waals surface area contributed by atoms with Gasteiger partial charge < -0.3 is 9.84 Å². The van der Waals surface area contributed by atoms with Crippen molar-refractivity contribution >= 4 is 28.6 Å². The van der Waals surface area contributed by atoms with E-state index in [4.69, 9.17) is 4.74 Å². The van der Waals surface area contributed by atoms with Crippen molar-refractivity contribution in [3.63, 3.8) is 0 Å². The maximum atomic E-state index is 10.8. The molecule has 0 saturated carbocycles. The molecule has 1 atom stereocenters. The summed E-state index contributed by atoms with van der Waals surface area (Å²) in [6.45, 7) is 2.19. The minimum atomic E-state index is -0.904. The van der Waals surface area contributed by atoms with Gasteiger partial charge in [-0.15, -0.1) is 0 Å². The second-order valence-electron chi connectivity index (χ2n) is 3.63. The molecule has 3 nitrogen and oxygen atoms in total. The predicted molar refractivity (Wildman–Crippen MR) is 69.0 cm³/mol. The van der Waals surface area contributed by atoms with Gasteiger partial charge in [-0.05, 0) is 6.42 Å². The average molecular weight is 328 g/mol. The molecule has 0 rings (SSSR count). The maximum Gasteiger partial charge on any atom is 0.318 e. The zero-order valence-electron chi connectivity index (χ0n) is 9.38. The Morgan fingerprint density at radius 3 is 2.47 bits per heavy atom. The Labute approximate surface area is 106 Å². The highest BCUT2D eigenvalue weighted by Crippen LogP contribution is 2.09. The van der Waals surface area contributed by atoms with Crippen LogP contribution in [0.2, 0.25) is 0 Å². The summed E-state index contributed by atoms with van der Waals surface area (Å²) in [6, 6.07) is 0. The zero-order chi connectivity index (χ0) is 11.5. The topological polar surface area (TPSA) is 46.5 Å². The van der Waals surface area contributed by atoms with Crippen LogP contribution < -0.4 is 0 Å². The number of esters is 1. The Hall–Kier alpha value is 0.160. The fraction of sp³-hybridized carbons (Fsp3) is 0.909. The molecule has 0 heterocycles. The predicted octanol–water partition coefficient (Wildman–Crippen LogP) is 3.03. The third-order valence-electron chi connectivity index (χ3n) is 2.18. The molecule has 0 amide bonds. The van der Waals surface area contributed by atoms with E-state index >= 15 is 0 Å². The fourth-order valence-corrected chi connectivity index (χ4v) is 1.52. The number of unbranched alkanes of at least 4 members (excludes halogenated alkanes) is 5. The number of rotatable bonds is 9. The molecule has 1 unspecified atom stereocenters. The summed E-state index contributed by atoms with van der Waals surface area (Å²) in [6.07, 6.45) is 6.70. The molecular formula is C11H21IO3. The largest absolute Gasteiger partial charge is 0.435 e. The minimum absolute atomic E-state index is 0.297. The molecule has 0 fully saturated rings. The lowest BCUT2D eigenvalue weighted by Crippen LogP contribution is -2.18. The first-order valence-corrected chi connectivity index (χ1v) is 7.16. The van der Waals surface area contributed by atoms with E-state index in [-0.39, 0.29) is 5.97 Å². The SMILES string of the molecule is CCCCCCCCC(O)OC(=O)CI. The van der Waals surface area contributed by atoms with Crippen LogP contribution in [0.3, 0.4) is 0 Å². The van der Waals surface area contributed by atoms with E-state index in [1.165, 1.54) is 25.7 Å². The van der Waals surface area contributed by atoms with E-state index in [2.05, 4.69) is 6.92 Å². The Kier molecular flexibility index (Phi) is 10.8. The molecule has 0 spiro atoms. The maximum absolute atomic E-state index is 10.8. The molecule has 0 aromatic carbocycles. The van der Waals surface area contributed by atoms with Gasteiger partial charge in [-0.2, -0.15) is 0 Å². The first-order chi connectivity index (χ1) is 7.20. The molecule has 0 aromatic rings. The van der Waals surface area contributed by atoms with Crippen molar-refractivity contribution in [1.29, 1.82) is 0 Å². The summed E-state index contributed by atoms with van der Waals surface area (Å²) in [5.74, 6) is -0.339. The van der Waals surface area contributed by atoms with Crippen molar-refractivity contribution in [1.82, 2.24) is 0 Å². The van der Waals surface area contributed by atoms with Crippen LogP contribution in [0, 0.1) is 0 Å². The summed E-state index contributed by atoms with van der Waals surface area (Å²) >= 11 is 1.92. The molecule has 0 saturated heterocycles. The molecule has 0 aliphatic carbocycles. The number of alkyl halides is 1. The molecule has 0 radical (unpaired) electrons. The Morgan fingerprint density at radius 1 is 1.27 bits per heavy atom. The van der Waals surface area contributed by atoms with Gasteiger partial charge in [0.05, 0.1) is 4.43 Å². The highest BCUT2D eigenvalue weighted by Gasteiger charge is 2.08. The average Bonchev–Trinajstić information content (AvgIpc) is 2.23. The number of hydrogen-bond donors (Lipinski definition) is 1. The van der Waals surface area contributed by atoms with Crippen molar-refractivity contribution in [2.75, 3.05) is 4.43 Å². The third-order valence-corrected chi connectivity index (χ3v) is 2.80. The van der Waals surface area contributed by atoms with Crippen LogP contribution in [0.1, 0.15) is 51.9 Å². The molecule has 0 bridgehead atoms. The summed E-state index contributed by atoms with van der Waals surface area (Å²) in [5, 5.41) is 9.31. The number of carbonyl (C=O) groups excluding carboxylic acids is 1.